The molecule has 7 heteroatoms. The Hall–Kier alpha value is 3.51. The van der Waals surface area contributed by atoms with Crippen LogP contribution < -0.4 is 111 Å². The second-order valence-electron chi connectivity index (χ2n) is 0.469. The van der Waals surface area contributed by atoms with E-state index < -0.39 is 14.5 Å². The van der Waals surface area contributed by atoms with E-state index in [4.69, 9.17) is 16.0 Å². The molecular formula is HAsK2O4. The van der Waals surface area contributed by atoms with E-state index in [-0.39, 0.29) is 103 Å². The third kappa shape index (κ3) is 43.5. The first-order valence-electron chi connectivity index (χ1n) is 0.748. The van der Waals surface area contributed by atoms with E-state index in [0.717, 1.165) is 0 Å². The normalized spacial score (nSPS) is 8.43. The minimum atomic E-state index is -5.62. The van der Waals surface area contributed by atoms with E-state index in [1.165, 1.54) is 0 Å². The average Bonchev–Trinajstić information content (AvgIpc) is 0.722. The quantitative estimate of drug-likeness (QED) is 0.409. The molecule has 0 aromatic rings. The zero-order valence-electron chi connectivity index (χ0n) is 4.12. The average molecular weight is 218 g/mol. The Kier molecular flexibility index (Phi) is 18.3. The Labute approximate surface area is 129 Å². The van der Waals surface area contributed by atoms with Crippen molar-refractivity contribution in [2.24, 2.45) is 0 Å². The summed E-state index contributed by atoms with van der Waals surface area (Å²) in [5.74, 6) is 0. The van der Waals surface area contributed by atoms with E-state index in [1.807, 2.05) is 0 Å². The fraction of sp³-hybridized carbons (Fsp3) is 0. The third-order valence-electron chi connectivity index (χ3n) is 0. The molecule has 0 radical (unpaired) electrons. The Bertz CT molecular complexity index is 55.8. The topological polar surface area (TPSA) is 83.4 Å². The minimum Gasteiger partial charge on any atom is 1.00 e. The fourth-order valence-electron chi connectivity index (χ4n) is 0. The summed E-state index contributed by atoms with van der Waals surface area (Å²) in [5.41, 5.74) is 0. The smallest absolute Gasteiger partial charge is 1.00 e. The molecule has 0 heterocycles. The molecule has 4 nitrogen and oxygen atoms in total. The summed E-state index contributed by atoms with van der Waals surface area (Å²) in [4.78, 5) is 0. The van der Waals surface area contributed by atoms with Crippen LogP contribution in [0.4, 0.5) is 0 Å². The van der Waals surface area contributed by atoms with Gasteiger partial charge in [0.2, 0.25) is 0 Å². The minimum absolute atomic E-state index is 0. The summed E-state index contributed by atoms with van der Waals surface area (Å²) < 4.78 is 33.2. The van der Waals surface area contributed by atoms with Crippen LogP contribution in [-0.4, -0.2) is 18.6 Å². The summed E-state index contributed by atoms with van der Waals surface area (Å²) >= 11 is -5.62. The van der Waals surface area contributed by atoms with Gasteiger partial charge in [0.05, 0.1) is 0 Å². The zero-order valence-corrected chi connectivity index (χ0v) is 12.2. The first-order valence-corrected chi connectivity index (χ1v) is 3.89. The van der Waals surface area contributed by atoms with Crippen LogP contribution in [0.1, 0.15) is 0 Å². The van der Waals surface area contributed by atoms with Crippen molar-refractivity contribution in [3.05, 3.63) is 0 Å². The van der Waals surface area contributed by atoms with Crippen molar-refractivity contribution in [3.63, 3.8) is 0 Å². The van der Waals surface area contributed by atoms with Crippen molar-refractivity contribution in [2.45, 2.75) is 0 Å². The van der Waals surface area contributed by atoms with Crippen LogP contribution in [0.25, 0.3) is 0 Å². The van der Waals surface area contributed by atoms with Gasteiger partial charge < -0.3 is 0 Å². The van der Waals surface area contributed by atoms with Crippen molar-refractivity contribution in [3.8, 4) is 0 Å². The van der Waals surface area contributed by atoms with Crippen molar-refractivity contribution in [1.82, 2.24) is 0 Å². The van der Waals surface area contributed by atoms with Crippen molar-refractivity contribution in [2.75, 3.05) is 0 Å². The van der Waals surface area contributed by atoms with Gasteiger partial charge in [-0.3, -0.25) is 0 Å². The van der Waals surface area contributed by atoms with Gasteiger partial charge in [0.1, 0.15) is 0 Å². The largest absolute Gasteiger partial charge is 1.00 e. The molecule has 0 amide bonds. The molecule has 0 saturated carbocycles. The molecular weight excluding hydrogens is 217 g/mol. The van der Waals surface area contributed by atoms with Crippen LogP contribution in [0.3, 0.4) is 0 Å². The standard InChI is InChI=1S/AsH3O4.2K/c2-1(3,4)5;;/h(H3,2,3,4,5);;/q;2*+1/p-2. The van der Waals surface area contributed by atoms with Crippen molar-refractivity contribution >= 4 is 14.5 Å². The monoisotopic (exact) mass is 218 g/mol. The van der Waals surface area contributed by atoms with Crippen LogP contribution in [0, 0.1) is 0 Å². The van der Waals surface area contributed by atoms with Gasteiger partial charge in [0.15, 0.2) is 0 Å². The number of hydrogen-bond donors (Lipinski definition) is 1. The van der Waals surface area contributed by atoms with E-state index in [9.17, 15) is 0 Å². The molecule has 0 unspecified atom stereocenters. The Morgan fingerprint density at radius 1 is 1.29 bits per heavy atom. The zero-order chi connectivity index (χ0) is 4.50. The van der Waals surface area contributed by atoms with E-state index in [2.05, 4.69) is 0 Å². The predicted molar refractivity (Wildman–Crippen MR) is 8.66 cm³/mol. The Balaban J connectivity index is -0.0000000800. The van der Waals surface area contributed by atoms with Crippen LogP contribution in [-0.2, 0) is 3.74 Å². The van der Waals surface area contributed by atoms with E-state index >= 15 is 0 Å². The van der Waals surface area contributed by atoms with Gasteiger partial charge >= 0.3 is 133 Å². The van der Waals surface area contributed by atoms with Gasteiger partial charge in [-0.25, -0.2) is 0 Å². The molecule has 0 aromatic carbocycles. The molecule has 0 spiro atoms. The molecule has 32 valence electrons. The third-order valence-corrected chi connectivity index (χ3v) is 0. The molecule has 0 aromatic heterocycles. The molecule has 0 atom stereocenters. The van der Waals surface area contributed by atoms with Crippen molar-refractivity contribution in [1.29, 1.82) is 0 Å². The maximum Gasteiger partial charge on any atom is 1.00 e. The maximum atomic E-state index is 8.72. The van der Waals surface area contributed by atoms with Crippen LogP contribution in [0.2, 0.25) is 0 Å². The van der Waals surface area contributed by atoms with Gasteiger partial charge in [-0.2, -0.15) is 0 Å². The fourth-order valence-corrected chi connectivity index (χ4v) is 0. The van der Waals surface area contributed by atoms with Gasteiger partial charge in [-0.1, -0.05) is 0 Å². The van der Waals surface area contributed by atoms with E-state index in [1.54, 1.807) is 0 Å². The SMILES string of the molecule is O=[As]([O-])([O-])O.[K+].[K+]. The molecule has 0 fully saturated rings. The summed E-state index contributed by atoms with van der Waals surface area (Å²) in [6.45, 7) is 0. The van der Waals surface area contributed by atoms with Gasteiger partial charge in [-0.15, -0.1) is 0 Å². The molecule has 0 aliphatic carbocycles. The van der Waals surface area contributed by atoms with E-state index in [0.29, 0.717) is 0 Å². The predicted octanol–water partition coefficient (Wildman–Crippen LogP) is -9.43. The molecule has 0 saturated heterocycles. The summed E-state index contributed by atoms with van der Waals surface area (Å²) in [5, 5.41) is 0. The van der Waals surface area contributed by atoms with Gasteiger partial charge in [0.25, 0.3) is 0 Å². The van der Waals surface area contributed by atoms with Gasteiger partial charge in [0, 0.05) is 0 Å². The Morgan fingerprint density at radius 3 is 1.29 bits per heavy atom. The van der Waals surface area contributed by atoms with Gasteiger partial charge in [-0.05, 0) is 0 Å². The van der Waals surface area contributed by atoms with Crippen LogP contribution in [0.15, 0.2) is 0 Å². The summed E-state index contributed by atoms with van der Waals surface area (Å²) in [6.07, 6.45) is 0. The summed E-state index contributed by atoms with van der Waals surface area (Å²) in [6, 6.07) is 0. The number of hydrogen-bond acceptors (Lipinski definition) is 3. The molecule has 0 rings (SSSR count). The van der Waals surface area contributed by atoms with Crippen molar-refractivity contribution < 1.29 is 119 Å². The Morgan fingerprint density at radius 2 is 1.29 bits per heavy atom. The molecule has 0 aliphatic heterocycles. The van der Waals surface area contributed by atoms with Crippen LogP contribution in [0.5, 0.6) is 0 Å². The first-order chi connectivity index (χ1) is 2.00. The second-order valence-corrected chi connectivity index (χ2v) is 2.43. The number of rotatable bonds is 0. The maximum absolute atomic E-state index is 8.72. The van der Waals surface area contributed by atoms with Crippen LogP contribution >= 0.6 is 0 Å². The first kappa shape index (κ1) is 16.9. The second kappa shape index (κ2) is 7.62. The molecule has 1 N–H and O–H groups in total. The molecule has 0 aliphatic rings. The summed E-state index contributed by atoms with van der Waals surface area (Å²) in [7, 11) is 0. The molecule has 7 heavy (non-hydrogen) atoms. The molecule has 0 bridgehead atoms.